The molecule has 0 saturated carbocycles. The van der Waals surface area contributed by atoms with E-state index in [9.17, 15) is 0 Å². The average molecular weight is 337 g/mol. The van der Waals surface area contributed by atoms with Crippen LogP contribution in [0.3, 0.4) is 0 Å². The number of nitrogens with one attached hydrogen (secondary N) is 1. The maximum atomic E-state index is 5.20. The highest BCUT2D eigenvalue weighted by atomic mass is 79.9. The van der Waals surface area contributed by atoms with Gasteiger partial charge in [0.05, 0.1) is 6.21 Å². The normalized spacial score (nSPS) is 10.4. The molecule has 1 aromatic rings. The first-order valence-corrected chi connectivity index (χ1v) is 5.62. The van der Waals surface area contributed by atoms with Gasteiger partial charge >= 0.3 is 0 Å². The van der Waals surface area contributed by atoms with Crippen molar-refractivity contribution in [1.82, 2.24) is 5.43 Å². The van der Waals surface area contributed by atoms with Crippen LogP contribution in [-0.4, -0.2) is 11.3 Å². The zero-order valence-electron chi connectivity index (χ0n) is 7.00. The molecule has 0 aliphatic heterocycles. The van der Waals surface area contributed by atoms with Gasteiger partial charge in [0.2, 0.25) is 0 Å². The molecular weight excluding hydrogens is 330 g/mol. The Kier molecular flexibility index (Phi) is 4.50. The lowest BCUT2D eigenvalue weighted by Crippen LogP contribution is -2.23. The van der Waals surface area contributed by atoms with Crippen molar-refractivity contribution in [1.29, 1.82) is 0 Å². The van der Waals surface area contributed by atoms with Gasteiger partial charge in [-0.2, -0.15) is 5.10 Å². The van der Waals surface area contributed by atoms with E-state index in [1.807, 2.05) is 18.2 Å². The topological polar surface area (TPSA) is 50.4 Å². The zero-order valence-corrected chi connectivity index (χ0v) is 11.0. The van der Waals surface area contributed by atoms with Gasteiger partial charge in [0.15, 0.2) is 5.11 Å². The largest absolute Gasteiger partial charge is 0.375 e. The van der Waals surface area contributed by atoms with Gasteiger partial charge in [-0.25, -0.2) is 0 Å². The van der Waals surface area contributed by atoms with Crippen LogP contribution in [-0.2, 0) is 0 Å². The Labute approximate surface area is 104 Å². The van der Waals surface area contributed by atoms with Gasteiger partial charge in [-0.1, -0.05) is 6.07 Å². The van der Waals surface area contributed by atoms with Crippen molar-refractivity contribution in [2.75, 3.05) is 0 Å². The third kappa shape index (κ3) is 3.73. The number of halogens is 2. The minimum Gasteiger partial charge on any atom is -0.375 e. The van der Waals surface area contributed by atoms with E-state index in [0.717, 1.165) is 14.5 Å². The van der Waals surface area contributed by atoms with Crippen LogP contribution >= 0.6 is 44.1 Å². The summed E-state index contributed by atoms with van der Waals surface area (Å²) in [6.45, 7) is 0. The molecule has 0 saturated heterocycles. The van der Waals surface area contributed by atoms with Gasteiger partial charge in [0, 0.05) is 8.95 Å². The predicted molar refractivity (Wildman–Crippen MR) is 69.4 cm³/mol. The van der Waals surface area contributed by atoms with Crippen LogP contribution in [0, 0.1) is 0 Å². The number of benzene rings is 1. The Morgan fingerprint density at radius 1 is 1.43 bits per heavy atom. The lowest BCUT2D eigenvalue weighted by molar-refractivity contribution is 1.04. The van der Waals surface area contributed by atoms with Gasteiger partial charge in [0.25, 0.3) is 0 Å². The summed E-state index contributed by atoms with van der Waals surface area (Å²) in [6, 6.07) is 5.76. The fourth-order valence-corrected chi connectivity index (χ4v) is 1.46. The van der Waals surface area contributed by atoms with Crippen LogP contribution in [0.1, 0.15) is 5.56 Å². The van der Waals surface area contributed by atoms with E-state index in [-0.39, 0.29) is 5.11 Å². The maximum Gasteiger partial charge on any atom is 0.184 e. The van der Waals surface area contributed by atoms with E-state index in [4.69, 9.17) is 5.73 Å². The highest BCUT2D eigenvalue weighted by molar-refractivity contribution is 9.13. The van der Waals surface area contributed by atoms with Crippen LogP contribution < -0.4 is 11.2 Å². The summed E-state index contributed by atoms with van der Waals surface area (Å²) < 4.78 is 1.97. The van der Waals surface area contributed by atoms with Crippen molar-refractivity contribution in [2.45, 2.75) is 0 Å². The highest BCUT2D eigenvalue weighted by Crippen LogP contribution is 2.22. The molecule has 74 valence electrons. The fraction of sp³-hybridized carbons (Fsp3) is 0. The predicted octanol–water partition coefficient (Wildman–Crippen LogP) is 2.38. The molecule has 0 aromatic heterocycles. The first kappa shape index (κ1) is 11.6. The summed E-state index contributed by atoms with van der Waals surface area (Å²) in [5, 5.41) is 3.98. The molecule has 6 heteroatoms. The molecule has 0 spiro atoms. The number of hydrogen-bond donors (Lipinski definition) is 2. The van der Waals surface area contributed by atoms with E-state index in [0.29, 0.717) is 0 Å². The molecule has 1 rings (SSSR count). The Morgan fingerprint density at radius 3 is 2.71 bits per heavy atom. The fourth-order valence-electron chi connectivity index (χ4n) is 0.763. The summed E-state index contributed by atoms with van der Waals surface area (Å²) in [6.07, 6.45) is 1.64. The standard InChI is InChI=1S/C8H7Br2N3S/c9-6-2-1-5(3-7(6)10)4-12-13-8(11)14/h1-4H,(H3,11,13,14)/b12-4+. The lowest BCUT2D eigenvalue weighted by Gasteiger charge is -1.98. The highest BCUT2D eigenvalue weighted by Gasteiger charge is 1.95. The van der Waals surface area contributed by atoms with Crippen LogP contribution in [0.4, 0.5) is 0 Å². The number of hydrogen-bond acceptors (Lipinski definition) is 2. The van der Waals surface area contributed by atoms with E-state index in [2.05, 4.69) is 54.6 Å². The molecule has 0 heterocycles. The number of nitrogens with two attached hydrogens (primary N) is 1. The molecule has 0 bridgehead atoms. The number of rotatable bonds is 2. The van der Waals surface area contributed by atoms with Crippen molar-refractivity contribution >= 4 is 55.4 Å². The summed E-state index contributed by atoms with van der Waals surface area (Å²) in [4.78, 5) is 0. The number of thiocarbonyl (C=S) groups is 1. The van der Waals surface area contributed by atoms with Crippen LogP contribution in [0.5, 0.6) is 0 Å². The molecule has 14 heavy (non-hydrogen) atoms. The zero-order chi connectivity index (χ0) is 10.6. The van der Waals surface area contributed by atoms with Gasteiger partial charge in [-0.05, 0) is 61.8 Å². The molecule has 3 N–H and O–H groups in total. The number of nitrogens with zero attached hydrogens (tertiary/aromatic N) is 1. The van der Waals surface area contributed by atoms with Crippen LogP contribution in [0.25, 0.3) is 0 Å². The second kappa shape index (κ2) is 5.43. The quantitative estimate of drug-likeness (QED) is 0.495. The van der Waals surface area contributed by atoms with Crippen molar-refractivity contribution in [3.8, 4) is 0 Å². The van der Waals surface area contributed by atoms with Crippen molar-refractivity contribution in [3.63, 3.8) is 0 Å². The van der Waals surface area contributed by atoms with Gasteiger partial charge in [-0.15, -0.1) is 0 Å². The van der Waals surface area contributed by atoms with Gasteiger partial charge in [-0.3, -0.25) is 5.43 Å². The molecule has 0 atom stereocenters. The Morgan fingerprint density at radius 2 is 2.14 bits per heavy atom. The van der Waals surface area contributed by atoms with E-state index in [1.165, 1.54) is 0 Å². The van der Waals surface area contributed by atoms with Gasteiger partial charge < -0.3 is 5.73 Å². The SMILES string of the molecule is NC(=S)N/N=C/c1ccc(Br)c(Br)c1. The molecule has 0 amide bonds. The molecule has 0 fully saturated rings. The second-order valence-corrected chi connectivity index (χ2v) is 4.56. The molecule has 0 aliphatic carbocycles. The minimum atomic E-state index is 0.150. The molecule has 0 aliphatic rings. The molecule has 0 radical (unpaired) electrons. The average Bonchev–Trinajstić information content (AvgIpc) is 2.10. The Hall–Kier alpha value is -0.460. The van der Waals surface area contributed by atoms with Crippen LogP contribution in [0.2, 0.25) is 0 Å². The minimum absolute atomic E-state index is 0.150. The third-order valence-corrected chi connectivity index (χ3v) is 3.30. The Bertz CT molecular complexity index is 379. The van der Waals surface area contributed by atoms with Gasteiger partial charge in [0.1, 0.15) is 0 Å². The van der Waals surface area contributed by atoms with E-state index < -0.39 is 0 Å². The van der Waals surface area contributed by atoms with Crippen molar-refractivity contribution in [3.05, 3.63) is 32.7 Å². The third-order valence-electron chi connectivity index (χ3n) is 1.33. The van der Waals surface area contributed by atoms with Crippen molar-refractivity contribution < 1.29 is 0 Å². The molecule has 1 aromatic carbocycles. The monoisotopic (exact) mass is 335 g/mol. The van der Waals surface area contributed by atoms with Crippen LogP contribution in [0.15, 0.2) is 32.2 Å². The second-order valence-electron chi connectivity index (χ2n) is 2.41. The smallest absolute Gasteiger partial charge is 0.184 e. The molecule has 0 unspecified atom stereocenters. The number of hydrazone groups is 1. The molecular formula is C8H7Br2N3S. The van der Waals surface area contributed by atoms with E-state index in [1.54, 1.807) is 6.21 Å². The van der Waals surface area contributed by atoms with E-state index >= 15 is 0 Å². The molecule has 3 nitrogen and oxygen atoms in total. The summed E-state index contributed by atoms with van der Waals surface area (Å²) >= 11 is 11.4. The summed E-state index contributed by atoms with van der Waals surface area (Å²) in [5.41, 5.74) is 8.63. The first-order chi connectivity index (χ1) is 6.59. The summed E-state index contributed by atoms with van der Waals surface area (Å²) in [7, 11) is 0. The summed E-state index contributed by atoms with van der Waals surface area (Å²) in [5.74, 6) is 0. The maximum absolute atomic E-state index is 5.20. The first-order valence-electron chi connectivity index (χ1n) is 3.63. The lowest BCUT2D eigenvalue weighted by atomic mass is 10.2. The van der Waals surface area contributed by atoms with Crippen molar-refractivity contribution in [2.24, 2.45) is 10.8 Å². The Balaban J connectivity index is 2.73.